The number of rotatable bonds is 8. The maximum Gasteiger partial charge on any atom is 0.345 e. The summed E-state index contributed by atoms with van der Waals surface area (Å²) in [6.45, 7) is 7.05. The highest BCUT2D eigenvalue weighted by molar-refractivity contribution is 5.92. The van der Waals surface area contributed by atoms with Crippen molar-refractivity contribution in [3.8, 4) is 5.75 Å². The van der Waals surface area contributed by atoms with Crippen molar-refractivity contribution >= 4 is 5.97 Å². The molecule has 4 heteroatoms. The van der Waals surface area contributed by atoms with E-state index in [2.05, 4.69) is 38.1 Å². The van der Waals surface area contributed by atoms with Crippen molar-refractivity contribution in [2.45, 2.75) is 38.7 Å². The molecule has 1 heterocycles. The summed E-state index contributed by atoms with van der Waals surface area (Å²) in [5, 5.41) is 0. The Labute approximate surface area is 202 Å². The third kappa shape index (κ3) is 5.23. The van der Waals surface area contributed by atoms with E-state index in [-0.39, 0.29) is 0 Å². The number of ether oxygens (including phenoxy) is 3. The Morgan fingerprint density at radius 1 is 0.853 bits per heavy atom. The first-order valence-corrected chi connectivity index (χ1v) is 11.9. The fourth-order valence-electron chi connectivity index (χ4n) is 4.39. The maximum absolute atomic E-state index is 13.4. The molecule has 0 aromatic heterocycles. The topological polar surface area (TPSA) is 44.8 Å². The molecular formula is C30H32O4. The van der Waals surface area contributed by atoms with Crippen molar-refractivity contribution in [2.24, 2.45) is 5.92 Å². The Kier molecular flexibility index (Phi) is 7.49. The van der Waals surface area contributed by atoms with Gasteiger partial charge in [-0.3, -0.25) is 0 Å². The van der Waals surface area contributed by atoms with Gasteiger partial charge in [-0.05, 0) is 36.1 Å². The van der Waals surface area contributed by atoms with Gasteiger partial charge in [-0.15, -0.1) is 0 Å². The fraction of sp³-hybridized carbons (Fsp3) is 0.300. The van der Waals surface area contributed by atoms with Crippen LogP contribution in [-0.4, -0.2) is 25.3 Å². The summed E-state index contributed by atoms with van der Waals surface area (Å²) in [4.78, 5) is 13.4. The van der Waals surface area contributed by atoms with Crippen LogP contribution < -0.4 is 4.74 Å². The minimum atomic E-state index is -0.462. The van der Waals surface area contributed by atoms with Crippen LogP contribution in [0.4, 0.5) is 0 Å². The summed E-state index contributed by atoms with van der Waals surface area (Å²) in [6, 6.07) is 29.8. The summed E-state index contributed by atoms with van der Waals surface area (Å²) in [5.74, 6) is 1.03. The quantitative estimate of drug-likeness (QED) is 0.226. The second-order valence-electron chi connectivity index (χ2n) is 9.19. The molecule has 0 radical (unpaired) electrons. The number of benzene rings is 3. The molecule has 0 N–H and O–H groups in total. The zero-order chi connectivity index (χ0) is 24.0. The van der Waals surface area contributed by atoms with Crippen molar-refractivity contribution in [1.29, 1.82) is 0 Å². The lowest BCUT2D eigenvalue weighted by Gasteiger charge is -2.28. The van der Waals surface area contributed by atoms with Gasteiger partial charge in [0.2, 0.25) is 0 Å². The minimum absolute atomic E-state index is 0.344. The van der Waals surface area contributed by atoms with E-state index in [1.54, 1.807) is 12.1 Å². The van der Waals surface area contributed by atoms with Crippen molar-refractivity contribution in [3.05, 3.63) is 113 Å². The molecule has 1 saturated heterocycles. The minimum Gasteiger partial charge on any atom is -0.496 e. The number of para-hydroxylation sites is 1. The highest BCUT2D eigenvalue weighted by atomic mass is 16.5. The standard InChI is InChI=1S/C30H32O4/c1-22(2)20-32-23(3)28(29(31)34-26-17-11-6-12-18-26)27-19-30(21-33-27,24-13-7-4-8-14-24)25-15-9-5-10-16-25/h4-18,22-23H,19-21H2,1-3H3/b28-27+. The first-order chi connectivity index (χ1) is 16.5. The Balaban J connectivity index is 1.74. The van der Waals surface area contributed by atoms with E-state index in [1.165, 1.54) is 0 Å². The van der Waals surface area contributed by atoms with Crippen LogP contribution in [0, 0.1) is 5.92 Å². The first kappa shape index (κ1) is 23.8. The number of carbonyl (C=O) groups excluding carboxylic acids is 1. The molecule has 1 fully saturated rings. The summed E-state index contributed by atoms with van der Waals surface area (Å²) in [7, 11) is 0. The molecule has 1 aliphatic rings. The molecule has 0 bridgehead atoms. The highest BCUT2D eigenvalue weighted by Gasteiger charge is 2.44. The number of carbonyl (C=O) groups is 1. The molecule has 3 aromatic rings. The summed E-state index contributed by atoms with van der Waals surface area (Å²) < 4.78 is 18.1. The predicted octanol–water partition coefficient (Wildman–Crippen LogP) is 6.31. The molecular weight excluding hydrogens is 424 g/mol. The largest absolute Gasteiger partial charge is 0.496 e. The fourth-order valence-corrected chi connectivity index (χ4v) is 4.39. The zero-order valence-corrected chi connectivity index (χ0v) is 20.1. The lowest BCUT2D eigenvalue weighted by Crippen LogP contribution is -2.28. The second kappa shape index (κ2) is 10.7. The third-order valence-corrected chi connectivity index (χ3v) is 6.17. The molecule has 0 saturated carbocycles. The molecule has 3 aromatic carbocycles. The number of hydrogen-bond acceptors (Lipinski definition) is 4. The van der Waals surface area contributed by atoms with Crippen LogP contribution in [0.1, 0.15) is 38.3 Å². The molecule has 4 rings (SSSR count). The molecule has 0 amide bonds. The summed E-state index contributed by atoms with van der Waals surface area (Å²) in [6.07, 6.45) is 0.0891. The van der Waals surface area contributed by atoms with Gasteiger partial charge < -0.3 is 14.2 Å². The predicted molar refractivity (Wildman–Crippen MR) is 134 cm³/mol. The van der Waals surface area contributed by atoms with Crippen LogP contribution in [0.15, 0.2) is 102 Å². The smallest absolute Gasteiger partial charge is 0.345 e. The van der Waals surface area contributed by atoms with E-state index in [9.17, 15) is 4.79 Å². The second-order valence-corrected chi connectivity index (χ2v) is 9.19. The average molecular weight is 457 g/mol. The monoisotopic (exact) mass is 456 g/mol. The van der Waals surface area contributed by atoms with Gasteiger partial charge in [-0.2, -0.15) is 0 Å². The van der Waals surface area contributed by atoms with Gasteiger partial charge in [0.1, 0.15) is 23.7 Å². The Morgan fingerprint density at radius 2 is 1.38 bits per heavy atom. The summed E-state index contributed by atoms with van der Waals surface area (Å²) in [5.41, 5.74) is 2.36. The molecule has 4 nitrogen and oxygen atoms in total. The Bertz CT molecular complexity index is 1060. The van der Waals surface area contributed by atoms with Gasteiger partial charge in [0.05, 0.1) is 11.5 Å². The first-order valence-electron chi connectivity index (χ1n) is 11.9. The summed E-state index contributed by atoms with van der Waals surface area (Å²) >= 11 is 0. The van der Waals surface area contributed by atoms with Gasteiger partial charge in [0, 0.05) is 13.0 Å². The molecule has 1 aliphatic heterocycles. The number of allylic oxidation sites excluding steroid dienone is 1. The van der Waals surface area contributed by atoms with Crippen LogP contribution in [0.5, 0.6) is 5.75 Å². The van der Waals surface area contributed by atoms with E-state index in [0.29, 0.717) is 42.6 Å². The van der Waals surface area contributed by atoms with E-state index in [1.807, 2.05) is 61.5 Å². The van der Waals surface area contributed by atoms with Crippen LogP contribution in [-0.2, 0) is 19.7 Å². The van der Waals surface area contributed by atoms with Crippen molar-refractivity contribution < 1.29 is 19.0 Å². The van der Waals surface area contributed by atoms with Gasteiger partial charge in [0.25, 0.3) is 0 Å². The van der Waals surface area contributed by atoms with E-state index < -0.39 is 17.5 Å². The zero-order valence-electron chi connectivity index (χ0n) is 20.1. The number of esters is 1. The van der Waals surface area contributed by atoms with E-state index in [4.69, 9.17) is 14.2 Å². The average Bonchev–Trinajstić information content (AvgIpc) is 3.30. The van der Waals surface area contributed by atoms with Gasteiger partial charge in [-0.25, -0.2) is 4.79 Å². The van der Waals surface area contributed by atoms with Gasteiger partial charge in [0.15, 0.2) is 0 Å². The lowest BCUT2D eigenvalue weighted by atomic mass is 9.73. The van der Waals surface area contributed by atoms with Crippen molar-refractivity contribution in [1.82, 2.24) is 0 Å². The highest BCUT2D eigenvalue weighted by Crippen LogP contribution is 2.45. The Hall–Kier alpha value is -3.37. The van der Waals surface area contributed by atoms with Crippen LogP contribution in [0.2, 0.25) is 0 Å². The molecule has 176 valence electrons. The number of hydrogen-bond donors (Lipinski definition) is 0. The van der Waals surface area contributed by atoms with Crippen LogP contribution in [0.3, 0.4) is 0 Å². The van der Waals surface area contributed by atoms with Crippen molar-refractivity contribution in [3.63, 3.8) is 0 Å². The molecule has 0 aliphatic carbocycles. The Morgan fingerprint density at radius 3 is 1.91 bits per heavy atom. The SMILES string of the molecule is CC(C)COC(C)/C(C(=O)Oc1ccccc1)=C1/CC(c2ccccc2)(c2ccccc2)CO1. The molecule has 34 heavy (non-hydrogen) atoms. The van der Waals surface area contributed by atoms with E-state index >= 15 is 0 Å². The maximum atomic E-state index is 13.4. The molecule has 0 spiro atoms. The van der Waals surface area contributed by atoms with Crippen LogP contribution >= 0.6 is 0 Å². The van der Waals surface area contributed by atoms with E-state index in [0.717, 1.165) is 11.1 Å². The lowest BCUT2D eigenvalue weighted by molar-refractivity contribution is -0.132. The normalized spacial score (nSPS) is 17.2. The van der Waals surface area contributed by atoms with Gasteiger partial charge >= 0.3 is 5.97 Å². The van der Waals surface area contributed by atoms with Crippen LogP contribution in [0.25, 0.3) is 0 Å². The third-order valence-electron chi connectivity index (χ3n) is 6.17. The molecule has 1 atom stereocenters. The van der Waals surface area contributed by atoms with Gasteiger partial charge in [-0.1, -0.05) is 92.7 Å². The van der Waals surface area contributed by atoms with Crippen molar-refractivity contribution in [2.75, 3.05) is 13.2 Å². The molecule has 1 unspecified atom stereocenters.